The predicted molar refractivity (Wildman–Crippen MR) is 120 cm³/mol. The maximum atomic E-state index is 13.4. The van der Waals surface area contributed by atoms with Crippen LogP contribution in [0.5, 0.6) is 0 Å². The van der Waals surface area contributed by atoms with Crippen LogP contribution in [-0.2, 0) is 14.3 Å². The van der Waals surface area contributed by atoms with Crippen LogP contribution in [0.25, 0.3) is 0 Å². The second kappa shape index (κ2) is 8.16. The van der Waals surface area contributed by atoms with Gasteiger partial charge < -0.3 is 10.1 Å². The molecule has 0 spiro atoms. The maximum Gasteiger partial charge on any atom is 0.337 e. The van der Waals surface area contributed by atoms with E-state index < -0.39 is 0 Å². The second-order valence-corrected chi connectivity index (χ2v) is 10.3. The second-order valence-electron chi connectivity index (χ2n) is 8.36. The topological polar surface area (TPSA) is 55.4 Å². The largest absolute Gasteiger partial charge is 0.459 e. The van der Waals surface area contributed by atoms with Crippen molar-refractivity contribution >= 4 is 34.4 Å². The third kappa shape index (κ3) is 3.56. The van der Waals surface area contributed by atoms with E-state index in [4.69, 9.17) is 4.74 Å². The number of ketones is 1. The van der Waals surface area contributed by atoms with Gasteiger partial charge in [-0.05, 0) is 61.9 Å². The van der Waals surface area contributed by atoms with E-state index in [9.17, 15) is 9.59 Å². The predicted octanol–water partition coefficient (Wildman–Crippen LogP) is 5.66. The van der Waals surface area contributed by atoms with Crippen LogP contribution in [0.4, 0.5) is 0 Å². The summed E-state index contributed by atoms with van der Waals surface area (Å²) < 4.78 is 5.88. The molecule has 1 aliphatic heterocycles. The van der Waals surface area contributed by atoms with Crippen molar-refractivity contribution in [2.45, 2.75) is 63.4 Å². The molecular formula is C24H25NO3S2. The number of ether oxygens (including phenoxy) is 1. The first-order chi connectivity index (χ1) is 14.6. The van der Waals surface area contributed by atoms with Crippen LogP contribution in [0, 0.1) is 0 Å². The van der Waals surface area contributed by atoms with Crippen LogP contribution >= 0.6 is 22.7 Å². The molecule has 156 valence electrons. The molecule has 3 aliphatic rings. The molecule has 2 aromatic heterocycles. The number of dihydropyridines is 1. The van der Waals surface area contributed by atoms with E-state index >= 15 is 0 Å². The molecule has 5 rings (SSSR count). The van der Waals surface area contributed by atoms with E-state index in [-0.39, 0.29) is 29.7 Å². The number of Topliss-reactive ketones (excluding diaryl/α,β-unsaturated/α-hetero) is 1. The van der Waals surface area contributed by atoms with Crippen LogP contribution in [0.15, 0.2) is 57.6 Å². The zero-order chi connectivity index (χ0) is 20.7. The smallest absolute Gasteiger partial charge is 0.337 e. The van der Waals surface area contributed by atoms with Crippen LogP contribution < -0.4 is 5.32 Å². The number of rotatable bonds is 4. The lowest BCUT2D eigenvalue weighted by Crippen LogP contribution is -2.36. The molecule has 1 saturated carbocycles. The first kappa shape index (κ1) is 19.8. The van der Waals surface area contributed by atoms with E-state index in [0.717, 1.165) is 53.9 Å². The highest BCUT2D eigenvalue weighted by Gasteiger charge is 2.42. The molecule has 3 heterocycles. The summed E-state index contributed by atoms with van der Waals surface area (Å²) in [6.07, 6.45) is 5.39. The Morgan fingerprint density at radius 2 is 1.77 bits per heavy atom. The van der Waals surface area contributed by atoms with Crippen LogP contribution in [0.2, 0.25) is 0 Å². The lowest BCUT2D eigenvalue weighted by atomic mass is 9.74. The molecule has 2 unspecified atom stereocenters. The number of allylic oxidation sites excluding steroid dienone is 3. The fraction of sp³-hybridized carbons (Fsp3) is 0.417. The average Bonchev–Trinajstić information content (AvgIpc) is 3.49. The fourth-order valence-electron chi connectivity index (χ4n) is 5.00. The third-order valence-electron chi connectivity index (χ3n) is 6.40. The number of esters is 1. The van der Waals surface area contributed by atoms with E-state index in [1.807, 2.05) is 30.5 Å². The maximum absolute atomic E-state index is 13.4. The Labute approximate surface area is 184 Å². The lowest BCUT2D eigenvalue weighted by Gasteiger charge is -2.36. The molecule has 2 atom stereocenters. The van der Waals surface area contributed by atoms with E-state index in [0.29, 0.717) is 12.0 Å². The molecule has 1 N–H and O–H groups in total. The molecule has 0 aromatic carbocycles. The monoisotopic (exact) mass is 439 g/mol. The standard InChI is InChI=1S/C24H25NO3S2/c1-14-21(24(27)28-16-6-2-3-7-16)23(20-9-5-11-30-20)22-17(25-14)12-15(13-18(22)26)19-8-4-10-29-19/h4-5,8-11,15-16,23,25H,2-3,6-7,12-13H2,1H3. The van der Waals surface area contributed by atoms with Gasteiger partial charge in [0, 0.05) is 39.1 Å². The molecule has 2 aromatic rings. The van der Waals surface area contributed by atoms with Gasteiger partial charge in [0.25, 0.3) is 0 Å². The molecule has 0 amide bonds. The highest BCUT2D eigenvalue weighted by atomic mass is 32.1. The SMILES string of the molecule is CC1=C(C(=O)OC2CCCC2)C(c2cccs2)C2=C(CC(c3cccs3)CC2=O)N1. The highest BCUT2D eigenvalue weighted by molar-refractivity contribution is 7.10. The van der Waals surface area contributed by atoms with Gasteiger partial charge in [-0.25, -0.2) is 4.79 Å². The summed E-state index contributed by atoms with van der Waals surface area (Å²) in [6, 6.07) is 8.17. The number of carbonyl (C=O) groups is 2. The Bertz CT molecular complexity index is 1010. The van der Waals surface area contributed by atoms with Crippen molar-refractivity contribution < 1.29 is 14.3 Å². The quantitative estimate of drug-likeness (QED) is 0.625. The molecule has 6 heteroatoms. The van der Waals surface area contributed by atoms with Gasteiger partial charge in [-0.15, -0.1) is 22.7 Å². The minimum Gasteiger partial charge on any atom is -0.459 e. The first-order valence-electron chi connectivity index (χ1n) is 10.6. The Morgan fingerprint density at radius 1 is 1.07 bits per heavy atom. The molecular weight excluding hydrogens is 414 g/mol. The van der Waals surface area contributed by atoms with Crippen molar-refractivity contribution in [3.05, 3.63) is 67.3 Å². The summed E-state index contributed by atoms with van der Waals surface area (Å²) in [7, 11) is 0. The number of thiophene rings is 2. The Kier molecular flexibility index (Phi) is 5.37. The van der Waals surface area contributed by atoms with Gasteiger partial charge in [0.2, 0.25) is 0 Å². The van der Waals surface area contributed by atoms with Crippen molar-refractivity contribution in [3.8, 4) is 0 Å². The Morgan fingerprint density at radius 3 is 2.43 bits per heavy atom. The van der Waals surface area contributed by atoms with Gasteiger partial charge in [0.05, 0.1) is 11.5 Å². The van der Waals surface area contributed by atoms with Gasteiger partial charge in [-0.1, -0.05) is 12.1 Å². The average molecular weight is 440 g/mol. The molecule has 0 bridgehead atoms. The molecule has 4 nitrogen and oxygen atoms in total. The minimum atomic E-state index is -0.327. The molecule has 30 heavy (non-hydrogen) atoms. The summed E-state index contributed by atoms with van der Waals surface area (Å²) >= 11 is 3.30. The highest BCUT2D eigenvalue weighted by Crippen LogP contribution is 2.47. The van der Waals surface area contributed by atoms with Crippen molar-refractivity contribution in [1.82, 2.24) is 5.32 Å². The van der Waals surface area contributed by atoms with E-state index in [1.165, 1.54) is 4.88 Å². The van der Waals surface area contributed by atoms with Crippen LogP contribution in [-0.4, -0.2) is 17.9 Å². The van der Waals surface area contributed by atoms with Crippen molar-refractivity contribution in [2.24, 2.45) is 0 Å². The minimum absolute atomic E-state index is 0.00225. The van der Waals surface area contributed by atoms with Gasteiger partial charge in [0.15, 0.2) is 5.78 Å². The Hall–Kier alpha value is -2.18. The summed E-state index contributed by atoms with van der Waals surface area (Å²) in [5.74, 6) is -0.260. The third-order valence-corrected chi connectivity index (χ3v) is 8.37. The zero-order valence-electron chi connectivity index (χ0n) is 17.0. The molecule has 1 fully saturated rings. The number of hydrogen-bond acceptors (Lipinski definition) is 6. The number of nitrogens with one attached hydrogen (secondary N) is 1. The first-order valence-corrected chi connectivity index (χ1v) is 12.4. The fourth-order valence-corrected chi connectivity index (χ4v) is 6.67. The Balaban J connectivity index is 1.51. The van der Waals surface area contributed by atoms with Crippen molar-refractivity contribution in [1.29, 1.82) is 0 Å². The van der Waals surface area contributed by atoms with Gasteiger partial charge in [-0.2, -0.15) is 0 Å². The molecule has 0 saturated heterocycles. The van der Waals surface area contributed by atoms with Crippen LogP contribution in [0.1, 0.15) is 67.0 Å². The van der Waals surface area contributed by atoms with Gasteiger partial charge in [0.1, 0.15) is 6.10 Å². The zero-order valence-corrected chi connectivity index (χ0v) is 18.6. The van der Waals surface area contributed by atoms with Crippen molar-refractivity contribution in [2.75, 3.05) is 0 Å². The lowest BCUT2D eigenvalue weighted by molar-refractivity contribution is -0.144. The van der Waals surface area contributed by atoms with E-state index in [1.54, 1.807) is 22.7 Å². The summed E-state index contributed by atoms with van der Waals surface area (Å²) in [6.45, 7) is 1.94. The van der Waals surface area contributed by atoms with Crippen molar-refractivity contribution in [3.63, 3.8) is 0 Å². The summed E-state index contributed by atoms with van der Waals surface area (Å²) in [4.78, 5) is 28.9. The van der Waals surface area contributed by atoms with Gasteiger partial charge >= 0.3 is 5.97 Å². The normalized spacial score (nSPS) is 24.8. The summed E-state index contributed by atoms with van der Waals surface area (Å²) in [5, 5.41) is 7.51. The van der Waals surface area contributed by atoms with E-state index in [2.05, 4.69) is 16.8 Å². The van der Waals surface area contributed by atoms with Gasteiger partial charge in [-0.3, -0.25) is 4.79 Å². The van der Waals surface area contributed by atoms with Crippen LogP contribution in [0.3, 0.4) is 0 Å². The molecule has 0 radical (unpaired) electrons. The summed E-state index contributed by atoms with van der Waals surface area (Å²) in [5.41, 5.74) is 3.15. The number of hydrogen-bond donors (Lipinski definition) is 1. The molecule has 2 aliphatic carbocycles. The number of carbonyl (C=O) groups excluding carboxylic acids is 2.